The summed E-state index contributed by atoms with van der Waals surface area (Å²) in [6.07, 6.45) is 1.01. The molecular weight excluding hydrogens is 516 g/mol. The molecule has 0 radical (unpaired) electrons. The minimum absolute atomic E-state index is 0.00448. The van der Waals surface area contributed by atoms with E-state index in [0.717, 1.165) is 6.07 Å². The maximum Gasteiger partial charge on any atom is 0.316 e. The van der Waals surface area contributed by atoms with Gasteiger partial charge >= 0.3 is 6.01 Å². The first-order valence-electron chi connectivity index (χ1n) is 11.1. The predicted molar refractivity (Wildman–Crippen MR) is 126 cm³/mol. The number of aromatic nitrogens is 2. The summed E-state index contributed by atoms with van der Waals surface area (Å²) in [5.41, 5.74) is 4.77. The zero-order valence-corrected chi connectivity index (χ0v) is 20.2. The van der Waals surface area contributed by atoms with Crippen LogP contribution in [-0.4, -0.2) is 47.5 Å². The number of carbonyl (C=O) groups is 1. The summed E-state index contributed by atoms with van der Waals surface area (Å²) in [5.74, 6) is -2.44. The highest BCUT2D eigenvalue weighted by molar-refractivity contribution is 7.91. The SMILES string of the molecule is N[C@H]1CS(=O)(=O)c2cc(F)c(-c3nnc(NC45CC(F)(C4)C5)o3)cc2N(Cc2ccc(Cl)cc2)C1=O. The van der Waals surface area contributed by atoms with Crippen molar-refractivity contribution in [2.75, 3.05) is 16.0 Å². The molecule has 0 saturated heterocycles. The van der Waals surface area contributed by atoms with Crippen LogP contribution in [-0.2, 0) is 21.2 Å². The van der Waals surface area contributed by atoms with Crippen molar-refractivity contribution in [1.29, 1.82) is 0 Å². The number of alkyl halides is 1. The number of nitrogens with zero attached hydrogens (tertiary/aromatic N) is 3. The highest BCUT2D eigenvalue weighted by Crippen LogP contribution is 2.64. The van der Waals surface area contributed by atoms with E-state index in [-0.39, 0.29) is 34.6 Å². The van der Waals surface area contributed by atoms with Gasteiger partial charge in [0.2, 0.25) is 5.91 Å². The Hall–Kier alpha value is -3.09. The molecule has 1 aromatic heterocycles. The molecule has 0 unspecified atom stereocenters. The third-order valence-electron chi connectivity index (χ3n) is 6.90. The number of benzene rings is 2. The third-order valence-corrected chi connectivity index (χ3v) is 8.95. The van der Waals surface area contributed by atoms with Gasteiger partial charge in [-0.1, -0.05) is 28.8 Å². The van der Waals surface area contributed by atoms with E-state index in [4.69, 9.17) is 21.8 Å². The van der Waals surface area contributed by atoms with Gasteiger partial charge in [-0.05, 0) is 29.8 Å². The average Bonchev–Trinajstić information content (AvgIpc) is 3.22. The number of amides is 1. The van der Waals surface area contributed by atoms with Crippen LogP contribution in [0.25, 0.3) is 11.5 Å². The minimum Gasteiger partial charge on any atom is -0.403 e. The van der Waals surface area contributed by atoms with Crippen molar-refractivity contribution in [2.24, 2.45) is 5.73 Å². The molecule has 3 aromatic rings. The maximum atomic E-state index is 15.2. The third kappa shape index (κ3) is 3.75. The van der Waals surface area contributed by atoms with Crippen molar-refractivity contribution in [2.45, 2.75) is 48.0 Å². The van der Waals surface area contributed by atoms with E-state index in [1.54, 1.807) is 24.3 Å². The molecule has 2 bridgehead atoms. The molecule has 3 aliphatic carbocycles. The summed E-state index contributed by atoms with van der Waals surface area (Å²) in [5, 5.41) is 11.3. The Morgan fingerprint density at radius 3 is 2.56 bits per heavy atom. The number of nitrogens with two attached hydrogens (primary N) is 1. The molecule has 2 heterocycles. The van der Waals surface area contributed by atoms with Crippen LogP contribution in [0.2, 0.25) is 5.02 Å². The zero-order chi connectivity index (χ0) is 25.5. The van der Waals surface area contributed by atoms with Gasteiger partial charge in [0, 0.05) is 24.3 Å². The number of hydrogen-bond donors (Lipinski definition) is 2. The fourth-order valence-corrected chi connectivity index (χ4v) is 6.92. The monoisotopic (exact) mass is 535 g/mol. The summed E-state index contributed by atoms with van der Waals surface area (Å²) in [7, 11) is -4.09. The number of fused-ring (bicyclic) bond motifs is 1. The molecule has 0 spiro atoms. The lowest BCUT2D eigenvalue weighted by molar-refractivity contribution is -0.137. The topological polar surface area (TPSA) is 131 Å². The number of carbonyl (C=O) groups excluding carboxylic acids is 1. The van der Waals surface area contributed by atoms with Gasteiger partial charge in [0.1, 0.15) is 11.5 Å². The Bertz CT molecular complexity index is 1490. The molecule has 9 nitrogen and oxygen atoms in total. The highest BCUT2D eigenvalue weighted by atomic mass is 35.5. The molecule has 13 heteroatoms. The van der Waals surface area contributed by atoms with E-state index in [0.29, 0.717) is 29.8 Å². The highest BCUT2D eigenvalue weighted by Gasteiger charge is 2.69. The summed E-state index contributed by atoms with van der Waals surface area (Å²) < 4.78 is 60.6. The minimum atomic E-state index is -4.09. The average molecular weight is 536 g/mol. The van der Waals surface area contributed by atoms with Gasteiger partial charge in [-0.15, -0.1) is 5.10 Å². The van der Waals surface area contributed by atoms with Gasteiger partial charge in [0.25, 0.3) is 5.89 Å². The number of halogens is 3. The Morgan fingerprint density at radius 2 is 1.89 bits per heavy atom. The van der Waals surface area contributed by atoms with Gasteiger partial charge in [0.05, 0.1) is 40.0 Å². The van der Waals surface area contributed by atoms with Crippen LogP contribution in [0, 0.1) is 5.82 Å². The van der Waals surface area contributed by atoms with Crippen molar-refractivity contribution < 1.29 is 26.4 Å². The number of hydrogen-bond acceptors (Lipinski definition) is 8. The van der Waals surface area contributed by atoms with Crippen LogP contribution < -0.4 is 16.0 Å². The molecule has 188 valence electrons. The number of rotatable bonds is 5. The molecule has 4 aliphatic rings. The lowest BCUT2D eigenvalue weighted by Gasteiger charge is -2.65. The first-order valence-corrected chi connectivity index (χ1v) is 13.2. The van der Waals surface area contributed by atoms with Crippen molar-refractivity contribution in [1.82, 2.24) is 10.2 Å². The van der Waals surface area contributed by atoms with Crippen LogP contribution in [0.1, 0.15) is 24.8 Å². The van der Waals surface area contributed by atoms with Gasteiger partial charge < -0.3 is 20.4 Å². The Morgan fingerprint density at radius 1 is 1.19 bits per heavy atom. The van der Waals surface area contributed by atoms with E-state index in [1.807, 2.05) is 0 Å². The molecule has 1 aliphatic heterocycles. The van der Waals surface area contributed by atoms with Gasteiger partial charge in [-0.3, -0.25) is 4.79 Å². The molecular formula is C23H20ClF2N5O4S. The van der Waals surface area contributed by atoms with Crippen molar-refractivity contribution in [3.05, 3.63) is 52.8 Å². The Labute approximate surface area is 209 Å². The molecule has 1 amide bonds. The standard InChI is InChI=1S/C23H20ClF2N5O4S/c24-13-3-1-12(2-4-13)7-31-17-5-14(15(25)6-18(17)36(33,34)8-16(27)20(31)32)19-29-30-21(35-19)28-23-9-22(26,10-23)11-23/h1-6,16H,7-11,27H2,(H,28,30)/t16-,22?,23?/m0/s1. The largest absolute Gasteiger partial charge is 0.403 e. The first-order chi connectivity index (χ1) is 17.0. The summed E-state index contributed by atoms with van der Waals surface area (Å²) in [6.45, 7) is -0.0264. The molecule has 2 aromatic carbocycles. The van der Waals surface area contributed by atoms with Crippen LogP contribution in [0.15, 0.2) is 45.7 Å². The normalized spacial score (nSPS) is 28.1. The molecule has 7 rings (SSSR count). The van der Waals surface area contributed by atoms with Crippen molar-refractivity contribution in [3.63, 3.8) is 0 Å². The summed E-state index contributed by atoms with van der Waals surface area (Å²) >= 11 is 5.95. The molecule has 36 heavy (non-hydrogen) atoms. The molecule has 3 fully saturated rings. The van der Waals surface area contributed by atoms with E-state index in [1.165, 1.54) is 11.0 Å². The second kappa shape index (κ2) is 7.70. The van der Waals surface area contributed by atoms with Crippen LogP contribution in [0.4, 0.5) is 20.5 Å². The lowest BCUT2D eigenvalue weighted by Crippen LogP contribution is -2.73. The van der Waals surface area contributed by atoms with Crippen LogP contribution in [0.3, 0.4) is 0 Å². The fourth-order valence-electron chi connectivity index (χ4n) is 5.23. The second-order valence-corrected chi connectivity index (χ2v) is 12.2. The van der Waals surface area contributed by atoms with E-state index in [9.17, 15) is 17.6 Å². The van der Waals surface area contributed by atoms with Gasteiger partial charge in [-0.25, -0.2) is 17.2 Å². The van der Waals surface area contributed by atoms with Gasteiger partial charge in [-0.2, -0.15) is 0 Å². The number of nitrogens with one attached hydrogen (secondary N) is 1. The van der Waals surface area contributed by atoms with Crippen LogP contribution >= 0.6 is 11.6 Å². The Kier molecular flexibility index (Phi) is 4.99. The maximum absolute atomic E-state index is 15.2. The van der Waals surface area contributed by atoms with E-state index < -0.39 is 44.6 Å². The molecule has 1 atom stereocenters. The van der Waals surface area contributed by atoms with E-state index in [2.05, 4.69) is 15.5 Å². The quantitative estimate of drug-likeness (QED) is 0.509. The molecule has 3 N–H and O–H groups in total. The fraction of sp³-hybridized carbons (Fsp3) is 0.348. The first kappa shape index (κ1) is 23.3. The number of sulfone groups is 1. The molecule has 3 saturated carbocycles. The zero-order valence-electron chi connectivity index (χ0n) is 18.7. The Balaban J connectivity index is 1.40. The van der Waals surface area contributed by atoms with E-state index >= 15 is 4.39 Å². The van der Waals surface area contributed by atoms with Crippen LogP contribution in [0.5, 0.6) is 0 Å². The van der Waals surface area contributed by atoms with Crippen molar-refractivity contribution >= 4 is 39.0 Å². The number of anilines is 2. The van der Waals surface area contributed by atoms with Gasteiger partial charge in [0.15, 0.2) is 9.84 Å². The smallest absolute Gasteiger partial charge is 0.316 e. The van der Waals surface area contributed by atoms with Crippen molar-refractivity contribution in [3.8, 4) is 11.5 Å². The summed E-state index contributed by atoms with van der Waals surface area (Å²) in [4.78, 5) is 14.0. The lowest BCUT2D eigenvalue weighted by atomic mass is 9.47. The second-order valence-electron chi connectivity index (χ2n) is 9.74. The summed E-state index contributed by atoms with van der Waals surface area (Å²) in [6, 6.07) is 7.35. The predicted octanol–water partition coefficient (Wildman–Crippen LogP) is 3.23.